The Hall–Kier alpha value is -2.94. The average Bonchev–Trinajstić information content (AvgIpc) is 2.66. The second-order valence-corrected chi connectivity index (χ2v) is 6.29. The smallest absolute Gasteiger partial charge is 0.265 e. The first-order valence-corrected chi connectivity index (χ1v) is 8.78. The largest absolute Gasteiger partial charge is 0.268 e. The number of hydrogen-bond acceptors (Lipinski definition) is 2. The van der Waals surface area contributed by atoms with Crippen LogP contribution in [-0.4, -0.2) is 9.55 Å². The predicted molar refractivity (Wildman–Crippen MR) is 103 cm³/mol. The van der Waals surface area contributed by atoms with E-state index in [0.717, 1.165) is 47.1 Å². The maximum Gasteiger partial charge on any atom is 0.265 e. The molecule has 0 fully saturated rings. The molecule has 0 aliphatic rings. The first kappa shape index (κ1) is 15.6. The second-order valence-electron chi connectivity index (χ2n) is 6.29. The fraction of sp³-hybridized carbons (Fsp3) is 0.182. The lowest BCUT2D eigenvalue weighted by atomic mass is 10.1. The molecule has 0 aliphatic carbocycles. The zero-order valence-corrected chi connectivity index (χ0v) is 14.3. The van der Waals surface area contributed by atoms with E-state index in [-0.39, 0.29) is 5.56 Å². The summed E-state index contributed by atoms with van der Waals surface area (Å²) >= 11 is 0. The molecule has 4 aromatic rings. The highest BCUT2D eigenvalue weighted by Crippen LogP contribution is 2.23. The number of aryl methyl sites for hydroxylation is 1. The number of para-hydroxylation sites is 1. The Morgan fingerprint density at radius 3 is 2.44 bits per heavy atom. The van der Waals surface area contributed by atoms with Gasteiger partial charge in [-0.3, -0.25) is 9.36 Å². The van der Waals surface area contributed by atoms with Crippen LogP contribution in [0.3, 0.4) is 0 Å². The monoisotopic (exact) mass is 328 g/mol. The van der Waals surface area contributed by atoms with Gasteiger partial charge in [-0.25, -0.2) is 4.98 Å². The SMILES string of the molecule is CCCCc1nc2ccccc2c(=O)n1-c1cccc2ccccc12. The first-order chi connectivity index (χ1) is 12.3. The number of benzene rings is 3. The third-order valence-electron chi connectivity index (χ3n) is 4.61. The molecule has 0 saturated heterocycles. The topological polar surface area (TPSA) is 34.9 Å². The maximum atomic E-state index is 13.3. The summed E-state index contributed by atoms with van der Waals surface area (Å²) in [5.74, 6) is 0.835. The van der Waals surface area contributed by atoms with Gasteiger partial charge in [-0.1, -0.05) is 61.9 Å². The van der Waals surface area contributed by atoms with Crippen molar-refractivity contribution in [3.05, 3.63) is 82.9 Å². The lowest BCUT2D eigenvalue weighted by molar-refractivity contribution is 0.722. The number of aromatic nitrogens is 2. The third kappa shape index (κ3) is 2.72. The third-order valence-corrected chi connectivity index (χ3v) is 4.61. The van der Waals surface area contributed by atoms with Gasteiger partial charge in [0.05, 0.1) is 16.6 Å². The molecule has 0 bridgehead atoms. The standard InChI is InChI=1S/C22H20N2O/c1-2-3-15-21-23-19-13-7-6-12-18(19)22(25)24(21)20-14-8-10-16-9-4-5-11-17(16)20/h4-14H,2-3,15H2,1H3. The zero-order chi connectivity index (χ0) is 17.2. The molecule has 4 rings (SSSR count). The Morgan fingerprint density at radius 1 is 0.880 bits per heavy atom. The normalized spacial score (nSPS) is 11.2. The van der Waals surface area contributed by atoms with Crippen molar-refractivity contribution in [3.63, 3.8) is 0 Å². The fourth-order valence-corrected chi connectivity index (χ4v) is 3.33. The lowest BCUT2D eigenvalue weighted by Crippen LogP contribution is -2.24. The molecule has 1 aromatic heterocycles. The minimum absolute atomic E-state index is 0.00746. The Labute approximate surface area is 146 Å². The molecule has 124 valence electrons. The van der Waals surface area contributed by atoms with Crippen LogP contribution in [0.2, 0.25) is 0 Å². The van der Waals surface area contributed by atoms with E-state index in [1.807, 2.05) is 48.5 Å². The predicted octanol–water partition coefficient (Wildman–Crippen LogP) is 4.88. The summed E-state index contributed by atoms with van der Waals surface area (Å²) in [6.07, 6.45) is 2.87. The minimum atomic E-state index is 0.00746. The molecule has 25 heavy (non-hydrogen) atoms. The van der Waals surface area contributed by atoms with E-state index in [1.165, 1.54) is 0 Å². The molecule has 0 radical (unpaired) electrons. The number of fused-ring (bicyclic) bond motifs is 2. The number of rotatable bonds is 4. The summed E-state index contributed by atoms with van der Waals surface area (Å²) < 4.78 is 1.81. The van der Waals surface area contributed by atoms with E-state index in [1.54, 1.807) is 4.57 Å². The molecular formula is C22H20N2O. The molecule has 0 N–H and O–H groups in total. The molecule has 3 aromatic carbocycles. The molecule has 0 saturated carbocycles. The second kappa shape index (κ2) is 6.52. The lowest BCUT2D eigenvalue weighted by Gasteiger charge is -2.15. The van der Waals surface area contributed by atoms with Gasteiger partial charge in [0.15, 0.2) is 0 Å². The highest BCUT2D eigenvalue weighted by molar-refractivity contribution is 5.90. The van der Waals surface area contributed by atoms with Gasteiger partial charge in [0.2, 0.25) is 0 Å². The van der Waals surface area contributed by atoms with E-state index in [9.17, 15) is 4.79 Å². The van der Waals surface area contributed by atoms with Crippen molar-refractivity contribution < 1.29 is 0 Å². The van der Waals surface area contributed by atoms with Crippen LogP contribution >= 0.6 is 0 Å². The van der Waals surface area contributed by atoms with Crippen LogP contribution in [0.5, 0.6) is 0 Å². The van der Waals surface area contributed by atoms with Crippen molar-refractivity contribution in [1.82, 2.24) is 9.55 Å². The van der Waals surface area contributed by atoms with Gasteiger partial charge < -0.3 is 0 Å². The Kier molecular flexibility index (Phi) is 4.06. The highest BCUT2D eigenvalue weighted by atomic mass is 16.1. The summed E-state index contributed by atoms with van der Waals surface area (Å²) in [5, 5.41) is 2.86. The highest BCUT2D eigenvalue weighted by Gasteiger charge is 2.14. The van der Waals surface area contributed by atoms with Gasteiger partial charge in [-0.15, -0.1) is 0 Å². The van der Waals surface area contributed by atoms with Gasteiger partial charge >= 0.3 is 0 Å². The van der Waals surface area contributed by atoms with Gasteiger partial charge in [-0.2, -0.15) is 0 Å². The summed E-state index contributed by atoms with van der Waals surface area (Å²) in [7, 11) is 0. The molecule has 0 amide bonds. The van der Waals surface area contributed by atoms with Crippen molar-refractivity contribution >= 4 is 21.7 Å². The van der Waals surface area contributed by atoms with Crippen molar-refractivity contribution in [2.24, 2.45) is 0 Å². The van der Waals surface area contributed by atoms with E-state index >= 15 is 0 Å². The van der Waals surface area contributed by atoms with Gasteiger partial charge in [0.1, 0.15) is 5.82 Å². The number of hydrogen-bond donors (Lipinski definition) is 0. The molecule has 0 atom stereocenters. The minimum Gasteiger partial charge on any atom is -0.268 e. The zero-order valence-electron chi connectivity index (χ0n) is 14.3. The van der Waals surface area contributed by atoms with Crippen LogP contribution in [0.25, 0.3) is 27.4 Å². The van der Waals surface area contributed by atoms with Crippen LogP contribution < -0.4 is 5.56 Å². The molecular weight excluding hydrogens is 308 g/mol. The maximum absolute atomic E-state index is 13.3. The summed E-state index contributed by atoms with van der Waals surface area (Å²) in [6.45, 7) is 2.15. The first-order valence-electron chi connectivity index (χ1n) is 8.78. The molecule has 3 nitrogen and oxygen atoms in total. The van der Waals surface area contributed by atoms with Crippen LogP contribution in [-0.2, 0) is 6.42 Å². The average molecular weight is 328 g/mol. The van der Waals surface area contributed by atoms with Crippen LogP contribution in [0.1, 0.15) is 25.6 Å². The van der Waals surface area contributed by atoms with E-state index < -0.39 is 0 Å². The van der Waals surface area contributed by atoms with Gasteiger partial charge in [0, 0.05) is 11.8 Å². The molecule has 0 spiro atoms. The fourth-order valence-electron chi connectivity index (χ4n) is 3.33. The van der Waals surface area contributed by atoms with Gasteiger partial charge in [-0.05, 0) is 30.0 Å². The number of nitrogens with zero attached hydrogens (tertiary/aromatic N) is 2. The van der Waals surface area contributed by atoms with Crippen molar-refractivity contribution in [2.75, 3.05) is 0 Å². The molecule has 3 heteroatoms. The van der Waals surface area contributed by atoms with Crippen molar-refractivity contribution in [2.45, 2.75) is 26.2 Å². The summed E-state index contributed by atoms with van der Waals surface area (Å²) in [4.78, 5) is 18.1. The van der Waals surface area contributed by atoms with E-state index in [0.29, 0.717) is 5.39 Å². The summed E-state index contributed by atoms with van der Waals surface area (Å²) in [5.41, 5.74) is 1.69. The quantitative estimate of drug-likeness (QED) is 0.535. The van der Waals surface area contributed by atoms with E-state index in [2.05, 4.69) is 25.1 Å². The molecule has 1 heterocycles. The molecule has 0 unspecified atom stereocenters. The number of unbranched alkanes of at least 4 members (excludes halogenated alkanes) is 1. The van der Waals surface area contributed by atoms with Crippen LogP contribution in [0.15, 0.2) is 71.5 Å². The van der Waals surface area contributed by atoms with E-state index in [4.69, 9.17) is 4.98 Å². The van der Waals surface area contributed by atoms with Crippen LogP contribution in [0, 0.1) is 0 Å². The van der Waals surface area contributed by atoms with Crippen LogP contribution in [0.4, 0.5) is 0 Å². The van der Waals surface area contributed by atoms with Gasteiger partial charge in [0.25, 0.3) is 5.56 Å². The van der Waals surface area contributed by atoms with Crippen molar-refractivity contribution in [1.29, 1.82) is 0 Å². The Morgan fingerprint density at radius 2 is 1.60 bits per heavy atom. The molecule has 0 aliphatic heterocycles. The summed E-state index contributed by atoms with van der Waals surface area (Å²) in [6, 6.07) is 21.9. The van der Waals surface area contributed by atoms with Crippen molar-refractivity contribution in [3.8, 4) is 5.69 Å². The Bertz CT molecular complexity index is 1110. The Balaban J connectivity index is 2.08.